The Balaban J connectivity index is 3.13. The van der Waals surface area contributed by atoms with Crippen LogP contribution >= 0.6 is 31.9 Å². The van der Waals surface area contributed by atoms with Crippen molar-refractivity contribution in [2.24, 2.45) is 0 Å². The fourth-order valence-corrected chi connectivity index (χ4v) is 3.08. The van der Waals surface area contributed by atoms with Gasteiger partial charge in [0.2, 0.25) is 0 Å². The maximum Gasteiger partial charge on any atom is 0.337 e. The van der Waals surface area contributed by atoms with E-state index >= 15 is 0 Å². The van der Waals surface area contributed by atoms with Crippen LogP contribution in [-0.2, 0) is 9.59 Å². The van der Waals surface area contributed by atoms with Crippen molar-refractivity contribution in [2.75, 3.05) is 28.8 Å². The Kier molecular flexibility index (Phi) is 10.3. The van der Waals surface area contributed by atoms with Gasteiger partial charge in [0.1, 0.15) is 11.9 Å². The van der Waals surface area contributed by atoms with Crippen LogP contribution in [0, 0.1) is 5.82 Å². The van der Waals surface area contributed by atoms with Gasteiger partial charge in [-0.3, -0.25) is 4.79 Å². The van der Waals surface area contributed by atoms with Gasteiger partial charge in [0.05, 0.1) is 5.69 Å². The first-order valence-corrected chi connectivity index (χ1v) is 10.2. The van der Waals surface area contributed by atoms with Gasteiger partial charge in [-0.05, 0) is 24.6 Å². The van der Waals surface area contributed by atoms with Crippen LogP contribution in [0.4, 0.5) is 14.9 Å². The molecule has 0 saturated heterocycles. The smallest absolute Gasteiger partial charge is 0.337 e. The van der Waals surface area contributed by atoms with Crippen LogP contribution in [0.1, 0.15) is 12.8 Å². The van der Waals surface area contributed by atoms with Crippen LogP contribution < -0.4 is 10.3 Å². The maximum atomic E-state index is 13.7. The number of urea groups is 1. The number of benzene rings is 1. The number of hydrazine groups is 1. The number of rotatable bonds is 11. The molecule has 0 aliphatic heterocycles. The van der Waals surface area contributed by atoms with Crippen LogP contribution in [0.25, 0.3) is 0 Å². The highest BCUT2D eigenvalue weighted by Crippen LogP contribution is 2.19. The average molecular weight is 513 g/mol. The van der Waals surface area contributed by atoms with Crippen molar-refractivity contribution in [3.8, 4) is 0 Å². The van der Waals surface area contributed by atoms with E-state index in [0.29, 0.717) is 23.7 Å². The third-order valence-corrected chi connectivity index (χ3v) is 4.17. The first-order valence-electron chi connectivity index (χ1n) is 7.97. The van der Waals surface area contributed by atoms with Crippen molar-refractivity contribution in [3.05, 3.63) is 30.1 Å². The normalized spacial score (nSPS) is 11.9. The second-order valence-corrected chi connectivity index (χ2v) is 6.98. The van der Waals surface area contributed by atoms with Gasteiger partial charge in [0.15, 0.2) is 0 Å². The van der Waals surface area contributed by atoms with Crippen molar-refractivity contribution in [1.29, 1.82) is 0 Å². The number of carbonyl (C=O) groups excluding carboxylic acids is 1. The molecule has 0 heterocycles. The molecule has 0 aliphatic rings. The summed E-state index contributed by atoms with van der Waals surface area (Å²) in [6, 6.07) is 3.16. The number of carboxylic acids is 2. The molecule has 1 atom stereocenters. The third kappa shape index (κ3) is 7.81. The number of anilines is 1. The van der Waals surface area contributed by atoms with Crippen LogP contribution in [0.3, 0.4) is 0 Å². The molecule has 0 aromatic heterocycles. The fourth-order valence-electron chi connectivity index (χ4n) is 2.26. The molecular formula is C16H20Br2FN3O5. The van der Waals surface area contributed by atoms with Gasteiger partial charge in [-0.15, -0.1) is 0 Å². The van der Waals surface area contributed by atoms with Gasteiger partial charge >= 0.3 is 18.0 Å². The monoisotopic (exact) mass is 511 g/mol. The number of aliphatic carboxylic acids is 2. The number of nitrogens with one attached hydrogen (secondary N) is 1. The highest BCUT2D eigenvalue weighted by atomic mass is 79.9. The molecule has 2 amide bonds. The van der Waals surface area contributed by atoms with Crippen molar-refractivity contribution in [2.45, 2.75) is 18.9 Å². The van der Waals surface area contributed by atoms with E-state index in [2.05, 4.69) is 37.2 Å². The predicted molar refractivity (Wildman–Crippen MR) is 105 cm³/mol. The lowest BCUT2D eigenvalue weighted by atomic mass is 10.1. The molecule has 1 aromatic rings. The second-order valence-electron chi connectivity index (χ2n) is 5.40. The van der Waals surface area contributed by atoms with E-state index < -0.39 is 36.2 Å². The minimum atomic E-state index is -1.39. The Morgan fingerprint density at radius 1 is 1.15 bits per heavy atom. The van der Waals surface area contributed by atoms with Crippen molar-refractivity contribution in [3.63, 3.8) is 0 Å². The Hall–Kier alpha value is -1.72. The number of carbonyl (C=O) groups is 3. The molecule has 0 fully saturated rings. The fraction of sp³-hybridized carbons (Fsp3) is 0.438. The number of alkyl halides is 2. The molecule has 0 saturated carbocycles. The Morgan fingerprint density at radius 2 is 1.78 bits per heavy atom. The van der Waals surface area contributed by atoms with Crippen LogP contribution in [-0.4, -0.2) is 63.0 Å². The Morgan fingerprint density at radius 3 is 2.26 bits per heavy atom. The van der Waals surface area contributed by atoms with E-state index in [9.17, 15) is 23.9 Å². The van der Waals surface area contributed by atoms with Gasteiger partial charge in [0, 0.05) is 30.2 Å². The number of carboxylic acid groups (broad SMARTS) is 2. The van der Waals surface area contributed by atoms with E-state index in [1.54, 1.807) is 5.01 Å². The molecule has 11 heteroatoms. The predicted octanol–water partition coefficient (Wildman–Crippen LogP) is 2.67. The largest absolute Gasteiger partial charge is 0.481 e. The highest BCUT2D eigenvalue weighted by molar-refractivity contribution is 9.09. The zero-order chi connectivity index (χ0) is 20.4. The van der Waals surface area contributed by atoms with E-state index in [-0.39, 0.29) is 12.1 Å². The zero-order valence-corrected chi connectivity index (χ0v) is 17.4. The molecule has 0 spiro atoms. The summed E-state index contributed by atoms with van der Waals surface area (Å²) in [7, 11) is 0. The molecule has 3 N–H and O–H groups in total. The number of amides is 2. The number of halogens is 3. The number of nitrogens with zero attached hydrogens (tertiary/aromatic N) is 2. The Bertz CT molecular complexity index is 659. The molecule has 1 aromatic carbocycles. The summed E-state index contributed by atoms with van der Waals surface area (Å²) >= 11 is 6.58. The van der Waals surface area contributed by atoms with Crippen LogP contribution in [0.2, 0.25) is 0 Å². The molecule has 0 aliphatic carbocycles. The lowest BCUT2D eigenvalue weighted by Gasteiger charge is -2.35. The Labute approximate surface area is 172 Å². The first kappa shape index (κ1) is 23.3. The lowest BCUT2D eigenvalue weighted by Crippen LogP contribution is -2.56. The molecule has 0 unspecified atom stereocenters. The molecule has 0 radical (unpaired) electrons. The summed E-state index contributed by atoms with van der Waals surface area (Å²) in [5.74, 6) is -3.07. The maximum absolute atomic E-state index is 13.7. The minimum Gasteiger partial charge on any atom is -0.481 e. The van der Waals surface area contributed by atoms with E-state index in [4.69, 9.17) is 5.11 Å². The standard InChI is InChI=1S/C16H20Br2FN3O5/c17-6-8-21(9-7-18)22(12-3-1-2-11(19)10-12)16(27)20-13(15(25)26)4-5-14(23)24/h1-3,10,13H,4-9H2,(H,20,27)(H,23,24)(H,25,26)/t13-/m0/s1. The quantitative estimate of drug-likeness (QED) is 0.310. The highest BCUT2D eigenvalue weighted by Gasteiger charge is 2.28. The summed E-state index contributed by atoms with van der Waals surface area (Å²) in [6.07, 6.45) is -0.686. The van der Waals surface area contributed by atoms with Crippen LogP contribution in [0.5, 0.6) is 0 Å². The minimum absolute atomic E-state index is 0.219. The topological polar surface area (TPSA) is 110 Å². The molecule has 150 valence electrons. The van der Waals surface area contributed by atoms with Gasteiger partial charge < -0.3 is 15.5 Å². The first-order chi connectivity index (χ1) is 12.8. The van der Waals surface area contributed by atoms with Crippen molar-refractivity contribution >= 4 is 55.5 Å². The molecular weight excluding hydrogens is 493 g/mol. The third-order valence-electron chi connectivity index (χ3n) is 3.46. The molecule has 0 bridgehead atoms. The zero-order valence-electron chi connectivity index (χ0n) is 14.3. The number of hydrogen-bond acceptors (Lipinski definition) is 4. The van der Waals surface area contributed by atoms with Gasteiger partial charge in [-0.25, -0.2) is 24.0 Å². The van der Waals surface area contributed by atoms with Crippen molar-refractivity contribution < 1.29 is 29.0 Å². The summed E-state index contributed by atoms with van der Waals surface area (Å²) in [6.45, 7) is 0.783. The second kappa shape index (κ2) is 11.9. The summed E-state index contributed by atoms with van der Waals surface area (Å²) in [5.41, 5.74) is 0.219. The van der Waals surface area contributed by atoms with E-state index in [1.165, 1.54) is 18.2 Å². The van der Waals surface area contributed by atoms with E-state index in [0.717, 1.165) is 11.1 Å². The average Bonchev–Trinajstić information content (AvgIpc) is 2.59. The van der Waals surface area contributed by atoms with Gasteiger partial charge in [-0.1, -0.05) is 37.9 Å². The summed E-state index contributed by atoms with van der Waals surface area (Å²) in [5, 5.41) is 24.1. The van der Waals surface area contributed by atoms with E-state index in [1.807, 2.05) is 0 Å². The molecule has 27 heavy (non-hydrogen) atoms. The molecule has 1 rings (SSSR count). The SMILES string of the molecule is O=C(O)CC[C@H](NC(=O)N(c1cccc(F)c1)N(CCBr)CCBr)C(=O)O. The molecule has 8 nitrogen and oxygen atoms in total. The number of hydrogen-bond donors (Lipinski definition) is 3. The lowest BCUT2D eigenvalue weighted by molar-refractivity contribution is -0.140. The summed E-state index contributed by atoms with van der Waals surface area (Å²) in [4.78, 5) is 34.9. The summed E-state index contributed by atoms with van der Waals surface area (Å²) < 4.78 is 13.7. The van der Waals surface area contributed by atoms with Crippen molar-refractivity contribution in [1.82, 2.24) is 10.3 Å². The van der Waals surface area contributed by atoms with Crippen LogP contribution in [0.15, 0.2) is 24.3 Å². The van der Waals surface area contributed by atoms with Gasteiger partial charge in [-0.2, -0.15) is 0 Å². The van der Waals surface area contributed by atoms with Gasteiger partial charge in [0.25, 0.3) is 0 Å².